The third-order valence-electron chi connectivity index (χ3n) is 7.02. The fourth-order valence-corrected chi connectivity index (χ4v) is 5.40. The van der Waals surface area contributed by atoms with Gasteiger partial charge in [0.25, 0.3) is 5.69 Å². The summed E-state index contributed by atoms with van der Waals surface area (Å²) in [4.78, 5) is 44.9. The van der Waals surface area contributed by atoms with Crippen molar-refractivity contribution < 1.29 is 14.5 Å². The lowest BCUT2D eigenvalue weighted by molar-refractivity contribution is -0.384. The highest BCUT2D eigenvalue weighted by Gasteiger charge is 2.48. The van der Waals surface area contributed by atoms with Gasteiger partial charge in [0.2, 0.25) is 11.8 Å². The van der Waals surface area contributed by atoms with Crippen molar-refractivity contribution in [2.45, 2.75) is 51.1 Å². The lowest BCUT2D eigenvalue weighted by Gasteiger charge is -2.47. The van der Waals surface area contributed by atoms with E-state index in [-0.39, 0.29) is 24.0 Å². The number of hydrogen-bond donors (Lipinski definition) is 1. The highest BCUT2D eigenvalue weighted by Crippen LogP contribution is 2.43. The number of nitro benzene ring substituents is 1. The summed E-state index contributed by atoms with van der Waals surface area (Å²) in [6.07, 6.45) is 4.56. The van der Waals surface area contributed by atoms with E-state index in [2.05, 4.69) is 11.9 Å². The number of fused-ring (bicyclic) bond motifs is 4. The van der Waals surface area contributed by atoms with Crippen LogP contribution in [0.1, 0.15) is 55.5 Å². The van der Waals surface area contributed by atoms with Crippen LogP contribution in [0.5, 0.6) is 0 Å². The highest BCUT2D eigenvalue weighted by molar-refractivity contribution is 5.97. The number of amides is 2. The summed E-state index contributed by atoms with van der Waals surface area (Å²) in [6, 6.07) is 13.1. The predicted octanol–water partition coefficient (Wildman–Crippen LogP) is 4.34. The molecule has 0 saturated carbocycles. The summed E-state index contributed by atoms with van der Waals surface area (Å²) in [6.45, 7) is 2.77. The smallest absolute Gasteiger partial charge is 0.269 e. The van der Waals surface area contributed by atoms with Gasteiger partial charge in [-0.25, -0.2) is 0 Å². The third kappa shape index (κ3) is 3.73. The number of nitrogens with one attached hydrogen (secondary N) is 1. The first kappa shape index (κ1) is 22.1. The van der Waals surface area contributed by atoms with Crippen LogP contribution in [0.25, 0.3) is 10.9 Å². The third-order valence-corrected chi connectivity index (χ3v) is 7.02. The molecule has 2 amide bonds. The standard InChI is InChI=1S/C26H28N4O4/c1-2-3-4-7-13-28-16-23(31)29-22(26(28)32)15-20-19-11-5-6-12-21(19)27-24(20)25(29)17-9-8-10-18(14-17)30(33)34/h5-6,8-12,14,22,25,27H,2-4,7,13,15-16H2,1H3/t22-,25-/m0/s1. The van der Waals surface area contributed by atoms with Gasteiger partial charge in [-0.05, 0) is 23.6 Å². The SMILES string of the molecule is CCCCCCN1CC(=O)N2[C@@H](c3cccc([N+](=O)[O-])c3)c3[nH]c4ccccc4c3C[C@H]2C1=O. The van der Waals surface area contributed by atoms with E-state index in [0.717, 1.165) is 47.8 Å². The molecular weight excluding hydrogens is 432 g/mol. The van der Waals surface area contributed by atoms with Crippen LogP contribution < -0.4 is 0 Å². The summed E-state index contributed by atoms with van der Waals surface area (Å²) < 4.78 is 0. The van der Waals surface area contributed by atoms with Crippen LogP contribution in [0, 0.1) is 10.1 Å². The molecule has 0 spiro atoms. The number of piperazine rings is 1. The van der Waals surface area contributed by atoms with E-state index in [1.807, 2.05) is 24.3 Å². The zero-order chi connectivity index (χ0) is 23.8. The van der Waals surface area contributed by atoms with E-state index in [1.54, 1.807) is 21.9 Å². The van der Waals surface area contributed by atoms with Gasteiger partial charge in [0, 0.05) is 41.7 Å². The van der Waals surface area contributed by atoms with Gasteiger partial charge in [-0.3, -0.25) is 19.7 Å². The molecule has 8 nitrogen and oxygen atoms in total. The number of unbranched alkanes of at least 4 members (excludes halogenated alkanes) is 3. The molecule has 0 unspecified atom stereocenters. The minimum absolute atomic E-state index is 0.0365. The number of nitrogens with zero attached hydrogens (tertiary/aromatic N) is 3. The molecule has 5 rings (SSSR count). The number of carbonyl (C=O) groups is 2. The summed E-state index contributed by atoms with van der Waals surface area (Å²) in [7, 11) is 0. The number of H-pyrrole nitrogens is 1. The van der Waals surface area contributed by atoms with Crippen LogP contribution in [0.15, 0.2) is 48.5 Å². The molecule has 0 bridgehead atoms. The zero-order valence-corrected chi connectivity index (χ0v) is 19.2. The lowest BCUT2D eigenvalue weighted by Crippen LogP contribution is -2.63. The van der Waals surface area contributed by atoms with Crippen molar-refractivity contribution in [1.29, 1.82) is 0 Å². The van der Waals surface area contributed by atoms with Crippen LogP contribution >= 0.6 is 0 Å². The van der Waals surface area contributed by atoms with Crippen molar-refractivity contribution >= 4 is 28.4 Å². The quantitative estimate of drug-likeness (QED) is 0.322. The van der Waals surface area contributed by atoms with Gasteiger partial charge in [-0.1, -0.05) is 56.5 Å². The van der Waals surface area contributed by atoms with Crippen molar-refractivity contribution in [1.82, 2.24) is 14.8 Å². The first-order chi connectivity index (χ1) is 16.5. The average Bonchev–Trinajstić information content (AvgIpc) is 3.22. The minimum atomic E-state index is -0.622. The molecule has 2 aliphatic rings. The van der Waals surface area contributed by atoms with E-state index in [9.17, 15) is 19.7 Å². The Labute approximate surface area is 197 Å². The van der Waals surface area contributed by atoms with E-state index < -0.39 is 17.0 Å². The number of aromatic nitrogens is 1. The number of benzene rings is 2. The Morgan fingerprint density at radius 1 is 1.09 bits per heavy atom. The Balaban J connectivity index is 1.59. The molecule has 2 atom stereocenters. The number of non-ortho nitro benzene ring substituents is 1. The molecule has 3 heterocycles. The molecule has 2 aliphatic heterocycles. The van der Waals surface area contributed by atoms with Crippen LogP contribution in [-0.2, 0) is 16.0 Å². The first-order valence-electron chi connectivity index (χ1n) is 11.9. The van der Waals surface area contributed by atoms with E-state index in [1.165, 1.54) is 12.1 Å². The van der Waals surface area contributed by atoms with Crippen LogP contribution in [-0.4, -0.2) is 50.7 Å². The Morgan fingerprint density at radius 2 is 1.91 bits per heavy atom. The fraction of sp³-hybridized carbons (Fsp3) is 0.385. The van der Waals surface area contributed by atoms with Gasteiger partial charge in [0.15, 0.2) is 0 Å². The number of hydrogen-bond acceptors (Lipinski definition) is 4. The second kappa shape index (κ2) is 8.93. The van der Waals surface area contributed by atoms with Gasteiger partial charge in [0.05, 0.1) is 17.5 Å². The van der Waals surface area contributed by atoms with Gasteiger partial charge in [-0.2, -0.15) is 0 Å². The second-order valence-electron chi connectivity index (χ2n) is 9.16. The molecule has 1 aromatic heterocycles. The maximum atomic E-state index is 13.6. The van der Waals surface area contributed by atoms with Gasteiger partial charge in [-0.15, -0.1) is 0 Å². The molecule has 3 aromatic rings. The molecule has 8 heteroatoms. The summed E-state index contributed by atoms with van der Waals surface area (Å²) in [5.41, 5.74) is 3.35. The molecule has 1 fully saturated rings. The minimum Gasteiger partial charge on any atom is -0.356 e. The van der Waals surface area contributed by atoms with Gasteiger partial charge < -0.3 is 14.8 Å². The van der Waals surface area contributed by atoms with Crippen molar-refractivity contribution in [2.24, 2.45) is 0 Å². The Bertz CT molecular complexity index is 1270. The van der Waals surface area contributed by atoms with Crippen molar-refractivity contribution in [3.8, 4) is 0 Å². The highest BCUT2D eigenvalue weighted by atomic mass is 16.6. The zero-order valence-electron chi connectivity index (χ0n) is 19.2. The van der Waals surface area contributed by atoms with Crippen molar-refractivity contribution in [2.75, 3.05) is 13.1 Å². The van der Waals surface area contributed by atoms with Crippen molar-refractivity contribution in [3.63, 3.8) is 0 Å². The Morgan fingerprint density at radius 3 is 2.71 bits per heavy atom. The number of nitro groups is 1. The predicted molar refractivity (Wildman–Crippen MR) is 128 cm³/mol. The lowest BCUT2D eigenvalue weighted by atomic mass is 9.86. The number of rotatable bonds is 7. The van der Waals surface area contributed by atoms with Crippen molar-refractivity contribution in [3.05, 3.63) is 75.5 Å². The second-order valence-corrected chi connectivity index (χ2v) is 9.16. The Hall–Kier alpha value is -3.68. The molecule has 34 heavy (non-hydrogen) atoms. The monoisotopic (exact) mass is 460 g/mol. The summed E-state index contributed by atoms with van der Waals surface area (Å²) >= 11 is 0. The summed E-state index contributed by atoms with van der Waals surface area (Å²) in [5, 5.41) is 12.5. The normalized spacial score (nSPS) is 19.9. The Kier molecular flexibility index (Phi) is 5.81. The molecule has 1 N–H and O–H groups in total. The number of aromatic amines is 1. The maximum absolute atomic E-state index is 13.6. The molecule has 0 radical (unpaired) electrons. The number of carbonyl (C=O) groups excluding carboxylic acids is 2. The summed E-state index contributed by atoms with van der Waals surface area (Å²) in [5.74, 6) is -0.164. The fourth-order valence-electron chi connectivity index (χ4n) is 5.40. The van der Waals surface area contributed by atoms with E-state index in [4.69, 9.17) is 0 Å². The molecule has 2 aromatic carbocycles. The molecule has 0 aliphatic carbocycles. The molecular formula is C26H28N4O4. The molecule has 176 valence electrons. The number of para-hydroxylation sites is 1. The molecule has 1 saturated heterocycles. The average molecular weight is 461 g/mol. The topological polar surface area (TPSA) is 99.5 Å². The maximum Gasteiger partial charge on any atom is 0.269 e. The van der Waals surface area contributed by atoms with E-state index >= 15 is 0 Å². The van der Waals surface area contributed by atoms with Gasteiger partial charge in [0.1, 0.15) is 6.04 Å². The van der Waals surface area contributed by atoms with Crippen LogP contribution in [0.2, 0.25) is 0 Å². The first-order valence-corrected chi connectivity index (χ1v) is 11.9. The van der Waals surface area contributed by atoms with E-state index in [0.29, 0.717) is 18.5 Å². The van der Waals surface area contributed by atoms with Crippen LogP contribution in [0.3, 0.4) is 0 Å². The van der Waals surface area contributed by atoms with Gasteiger partial charge >= 0.3 is 0 Å². The van der Waals surface area contributed by atoms with Crippen LogP contribution in [0.4, 0.5) is 5.69 Å². The largest absolute Gasteiger partial charge is 0.356 e.